The number of phenolic OH excluding ortho intramolecular Hbond substituents is 1. The summed E-state index contributed by atoms with van der Waals surface area (Å²) in [6.07, 6.45) is 1.70. The van der Waals surface area contributed by atoms with Crippen LogP contribution in [-0.4, -0.2) is 30.2 Å². The second kappa shape index (κ2) is 4.62. The van der Waals surface area contributed by atoms with Gasteiger partial charge in [-0.25, -0.2) is 0 Å². The maximum Gasteiger partial charge on any atom is 0.208 e. The van der Waals surface area contributed by atoms with E-state index < -0.39 is 5.92 Å². The summed E-state index contributed by atoms with van der Waals surface area (Å²) in [7, 11) is 1.41. The molecule has 0 saturated heterocycles. The lowest BCUT2D eigenvalue weighted by Crippen LogP contribution is -2.05. The van der Waals surface area contributed by atoms with Gasteiger partial charge in [0.2, 0.25) is 6.29 Å². The second-order valence-electron chi connectivity index (χ2n) is 2.78. The molecule has 2 N–H and O–H groups in total. The van der Waals surface area contributed by atoms with Crippen LogP contribution in [0.2, 0.25) is 0 Å². The maximum atomic E-state index is 10.4. The molecule has 1 aromatic rings. The van der Waals surface area contributed by atoms with Crippen molar-refractivity contribution in [2.75, 3.05) is 13.7 Å². The Balaban J connectivity index is 3.04. The van der Waals surface area contributed by atoms with Crippen LogP contribution in [0.25, 0.3) is 0 Å². The van der Waals surface area contributed by atoms with Crippen molar-refractivity contribution >= 4 is 6.29 Å². The predicted molar refractivity (Wildman–Crippen MR) is 50.2 cm³/mol. The summed E-state index contributed by atoms with van der Waals surface area (Å²) in [5, 5.41) is 18.1. The van der Waals surface area contributed by atoms with Crippen LogP contribution in [0, 0.1) is 0 Å². The Morgan fingerprint density at radius 3 is 2.79 bits per heavy atom. The molecular formula is C10H11O4. The van der Waals surface area contributed by atoms with Crippen LogP contribution in [0.15, 0.2) is 18.2 Å². The minimum atomic E-state index is -0.690. The summed E-state index contributed by atoms with van der Waals surface area (Å²) in [6.45, 7) is -0.308. The standard InChI is InChI=1S/C10H11O4/c1-14-10-4-7(2-3-9(10)13)8(5-11)6-12/h2-4,8,11,13H,5H2,1H3. The number of phenols is 1. The van der Waals surface area contributed by atoms with Gasteiger partial charge in [0, 0.05) is 0 Å². The van der Waals surface area contributed by atoms with Gasteiger partial charge in [-0.15, -0.1) is 0 Å². The highest BCUT2D eigenvalue weighted by Crippen LogP contribution is 2.28. The van der Waals surface area contributed by atoms with Gasteiger partial charge in [0.25, 0.3) is 0 Å². The Morgan fingerprint density at radius 2 is 2.29 bits per heavy atom. The number of aromatic hydroxyl groups is 1. The van der Waals surface area contributed by atoms with Crippen molar-refractivity contribution in [1.29, 1.82) is 0 Å². The third-order valence-electron chi connectivity index (χ3n) is 1.93. The largest absolute Gasteiger partial charge is 0.504 e. The normalized spacial score (nSPS) is 12.1. The molecule has 0 aliphatic heterocycles. The fourth-order valence-corrected chi connectivity index (χ4v) is 1.12. The van der Waals surface area contributed by atoms with Crippen molar-refractivity contribution in [2.24, 2.45) is 0 Å². The number of benzene rings is 1. The van der Waals surface area contributed by atoms with E-state index in [0.29, 0.717) is 5.56 Å². The Morgan fingerprint density at radius 1 is 1.57 bits per heavy atom. The number of ether oxygens (including phenoxy) is 1. The van der Waals surface area contributed by atoms with Crippen molar-refractivity contribution in [3.05, 3.63) is 23.8 Å². The fraction of sp³-hybridized carbons (Fsp3) is 0.300. The molecular weight excluding hydrogens is 184 g/mol. The van der Waals surface area contributed by atoms with Crippen molar-refractivity contribution in [1.82, 2.24) is 0 Å². The Labute approximate surface area is 81.8 Å². The number of hydrogen-bond acceptors (Lipinski definition) is 4. The summed E-state index contributed by atoms with van der Waals surface area (Å²) >= 11 is 0. The molecule has 0 bridgehead atoms. The molecule has 1 unspecified atom stereocenters. The van der Waals surface area contributed by atoms with Crippen LogP contribution < -0.4 is 4.74 Å². The number of rotatable bonds is 4. The van der Waals surface area contributed by atoms with E-state index in [9.17, 15) is 9.90 Å². The molecule has 1 rings (SSSR count). The van der Waals surface area contributed by atoms with Gasteiger partial charge >= 0.3 is 0 Å². The Kier molecular flexibility index (Phi) is 3.48. The first-order valence-electron chi connectivity index (χ1n) is 4.08. The average Bonchev–Trinajstić information content (AvgIpc) is 2.22. The zero-order chi connectivity index (χ0) is 10.6. The number of aliphatic hydroxyl groups excluding tert-OH is 1. The monoisotopic (exact) mass is 195 g/mol. The lowest BCUT2D eigenvalue weighted by molar-refractivity contribution is 0.286. The van der Waals surface area contributed by atoms with E-state index in [0.717, 1.165) is 0 Å². The zero-order valence-corrected chi connectivity index (χ0v) is 7.73. The van der Waals surface area contributed by atoms with Crippen LogP contribution in [-0.2, 0) is 4.79 Å². The molecule has 4 nitrogen and oxygen atoms in total. The van der Waals surface area contributed by atoms with E-state index in [1.807, 2.05) is 0 Å². The fourth-order valence-electron chi connectivity index (χ4n) is 1.12. The molecule has 0 heterocycles. The van der Waals surface area contributed by atoms with E-state index in [1.165, 1.54) is 19.2 Å². The zero-order valence-electron chi connectivity index (χ0n) is 7.73. The molecule has 0 aliphatic carbocycles. The molecule has 0 aliphatic rings. The lowest BCUT2D eigenvalue weighted by atomic mass is 10.0. The molecule has 14 heavy (non-hydrogen) atoms. The van der Waals surface area contributed by atoms with Gasteiger partial charge in [-0.05, 0) is 17.7 Å². The van der Waals surface area contributed by atoms with E-state index in [1.54, 1.807) is 12.4 Å². The Hall–Kier alpha value is -1.55. The molecule has 1 aromatic carbocycles. The van der Waals surface area contributed by atoms with Crippen molar-refractivity contribution in [3.63, 3.8) is 0 Å². The van der Waals surface area contributed by atoms with Crippen LogP contribution in [0.5, 0.6) is 11.5 Å². The number of methoxy groups -OCH3 is 1. The highest BCUT2D eigenvalue weighted by atomic mass is 16.5. The first-order chi connectivity index (χ1) is 6.72. The second-order valence-corrected chi connectivity index (χ2v) is 2.78. The topological polar surface area (TPSA) is 66.8 Å². The van der Waals surface area contributed by atoms with Crippen LogP contribution in [0.3, 0.4) is 0 Å². The number of aliphatic hydroxyl groups is 1. The molecule has 0 amide bonds. The van der Waals surface area contributed by atoms with Gasteiger partial charge in [0.1, 0.15) is 0 Å². The summed E-state index contributed by atoms with van der Waals surface area (Å²) in [5.41, 5.74) is 0.567. The number of carbonyl (C=O) groups excluding carboxylic acids is 1. The first kappa shape index (κ1) is 10.5. The van der Waals surface area contributed by atoms with Crippen LogP contribution in [0.4, 0.5) is 0 Å². The highest BCUT2D eigenvalue weighted by Gasteiger charge is 2.12. The van der Waals surface area contributed by atoms with Gasteiger partial charge in [-0.1, -0.05) is 6.07 Å². The predicted octanol–water partition coefficient (Wildman–Crippen LogP) is 0.586. The lowest BCUT2D eigenvalue weighted by Gasteiger charge is -2.09. The maximum absolute atomic E-state index is 10.4. The minimum Gasteiger partial charge on any atom is -0.504 e. The highest BCUT2D eigenvalue weighted by molar-refractivity contribution is 5.64. The summed E-state index contributed by atoms with van der Waals surface area (Å²) in [6, 6.07) is 4.46. The van der Waals surface area contributed by atoms with Gasteiger partial charge < -0.3 is 14.9 Å². The molecule has 0 aromatic heterocycles. The van der Waals surface area contributed by atoms with E-state index in [-0.39, 0.29) is 18.1 Å². The van der Waals surface area contributed by atoms with Crippen molar-refractivity contribution < 1.29 is 19.7 Å². The molecule has 1 radical (unpaired) electrons. The quantitative estimate of drug-likeness (QED) is 0.737. The van der Waals surface area contributed by atoms with Gasteiger partial charge in [0.05, 0.1) is 19.6 Å². The first-order valence-corrected chi connectivity index (χ1v) is 4.08. The third kappa shape index (κ3) is 2.03. The van der Waals surface area contributed by atoms with Crippen molar-refractivity contribution in [2.45, 2.75) is 5.92 Å². The molecule has 75 valence electrons. The number of hydrogen-bond donors (Lipinski definition) is 2. The molecule has 1 atom stereocenters. The molecule has 0 saturated carbocycles. The summed E-state index contributed by atoms with van der Waals surface area (Å²) in [4.78, 5) is 10.4. The van der Waals surface area contributed by atoms with E-state index in [2.05, 4.69) is 0 Å². The van der Waals surface area contributed by atoms with Crippen LogP contribution in [0.1, 0.15) is 11.5 Å². The van der Waals surface area contributed by atoms with Crippen LogP contribution >= 0.6 is 0 Å². The smallest absolute Gasteiger partial charge is 0.208 e. The minimum absolute atomic E-state index is 0.00108. The van der Waals surface area contributed by atoms with Gasteiger partial charge in [-0.2, -0.15) is 0 Å². The van der Waals surface area contributed by atoms with Crippen molar-refractivity contribution in [3.8, 4) is 11.5 Å². The van der Waals surface area contributed by atoms with Gasteiger partial charge in [0.15, 0.2) is 11.5 Å². The summed E-state index contributed by atoms with van der Waals surface area (Å²) < 4.78 is 4.86. The summed E-state index contributed by atoms with van der Waals surface area (Å²) in [5.74, 6) is -0.417. The Bertz CT molecular complexity index is 322. The third-order valence-corrected chi connectivity index (χ3v) is 1.93. The molecule has 0 spiro atoms. The van der Waals surface area contributed by atoms with E-state index in [4.69, 9.17) is 9.84 Å². The SMILES string of the molecule is COc1cc(C([C]=O)CO)ccc1O. The average molecular weight is 195 g/mol. The van der Waals surface area contributed by atoms with E-state index >= 15 is 0 Å². The van der Waals surface area contributed by atoms with Gasteiger partial charge in [-0.3, -0.25) is 4.79 Å². The molecule has 4 heteroatoms. The molecule has 0 fully saturated rings.